The molecule has 142 valence electrons. The summed E-state index contributed by atoms with van der Waals surface area (Å²) >= 11 is 0. The second kappa shape index (κ2) is 6.11. The summed E-state index contributed by atoms with van der Waals surface area (Å²) in [6.07, 6.45) is 4.72. The van der Waals surface area contributed by atoms with Crippen molar-refractivity contribution < 1.29 is 4.42 Å². The molecule has 4 aromatic rings. The minimum absolute atomic E-state index is 0.664. The van der Waals surface area contributed by atoms with E-state index in [2.05, 4.69) is 70.1 Å². The second-order valence-electron chi connectivity index (χ2n) is 8.16. The summed E-state index contributed by atoms with van der Waals surface area (Å²) in [6.45, 7) is 4.40. The molecule has 5 heteroatoms. The lowest BCUT2D eigenvalue weighted by molar-refractivity contribution is 0.226. The molecular weight excluding hydrogens is 348 g/mol. The summed E-state index contributed by atoms with van der Waals surface area (Å²) in [5.74, 6) is 0. The number of fused-ring (bicyclic) bond motifs is 3. The Morgan fingerprint density at radius 2 is 1.89 bits per heavy atom. The van der Waals surface area contributed by atoms with E-state index in [4.69, 9.17) is 9.40 Å². The van der Waals surface area contributed by atoms with Crippen LogP contribution in [-0.2, 0) is 7.05 Å². The van der Waals surface area contributed by atoms with Crippen LogP contribution in [0, 0.1) is 0 Å². The van der Waals surface area contributed by atoms with Gasteiger partial charge in [-0.25, -0.2) is 0 Å². The fourth-order valence-electron chi connectivity index (χ4n) is 4.86. The van der Waals surface area contributed by atoms with Crippen molar-refractivity contribution in [2.75, 3.05) is 31.1 Å². The standard InChI is InChI=1S/C23H24N4O/c1-25-10-8-18-13-16(4-6-21(18)25)17-5-7-22-20(14-17)24-23(28-22)27-12-11-26-9-2-3-19(26)15-27/h4-8,10,13-14,19H,2-3,9,11-12,15H2,1H3. The molecule has 2 aliphatic rings. The number of hydrogen-bond donors (Lipinski definition) is 0. The van der Waals surface area contributed by atoms with Crippen molar-refractivity contribution in [2.24, 2.45) is 7.05 Å². The molecule has 1 atom stereocenters. The Hall–Kier alpha value is -2.79. The van der Waals surface area contributed by atoms with Crippen molar-refractivity contribution in [3.05, 3.63) is 48.7 Å². The van der Waals surface area contributed by atoms with Gasteiger partial charge in [-0.1, -0.05) is 12.1 Å². The third-order valence-corrected chi connectivity index (χ3v) is 6.45. The van der Waals surface area contributed by atoms with Crippen molar-refractivity contribution in [3.8, 4) is 11.1 Å². The van der Waals surface area contributed by atoms with Crippen LogP contribution in [0.3, 0.4) is 0 Å². The molecule has 0 bridgehead atoms. The molecule has 0 radical (unpaired) electrons. The average Bonchev–Trinajstić information content (AvgIpc) is 3.44. The molecule has 1 unspecified atom stereocenters. The summed E-state index contributed by atoms with van der Waals surface area (Å²) in [7, 11) is 2.08. The molecule has 4 heterocycles. The van der Waals surface area contributed by atoms with Crippen molar-refractivity contribution >= 4 is 28.0 Å². The summed E-state index contributed by atoms with van der Waals surface area (Å²) in [4.78, 5) is 9.77. The number of anilines is 1. The first kappa shape index (κ1) is 16.2. The third kappa shape index (κ3) is 2.53. The quantitative estimate of drug-likeness (QED) is 0.527. The summed E-state index contributed by atoms with van der Waals surface area (Å²) < 4.78 is 8.26. The van der Waals surface area contributed by atoms with Crippen LogP contribution in [0.1, 0.15) is 12.8 Å². The number of nitrogens with zero attached hydrogens (tertiary/aromatic N) is 4. The molecule has 2 fully saturated rings. The monoisotopic (exact) mass is 372 g/mol. The maximum absolute atomic E-state index is 6.11. The smallest absolute Gasteiger partial charge is 0.298 e. The zero-order valence-electron chi connectivity index (χ0n) is 16.1. The Labute approximate surface area is 164 Å². The zero-order valence-corrected chi connectivity index (χ0v) is 16.1. The Morgan fingerprint density at radius 3 is 2.86 bits per heavy atom. The van der Waals surface area contributed by atoms with Crippen LogP contribution in [0.2, 0.25) is 0 Å². The van der Waals surface area contributed by atoms with Crippen LogP contribution < -0.4 is 4.90 Å². The van der Waals surface area contributed by atoms with E-state index in [0.717, 1.165) is 36.7 Å². The number of benzene rings is 2. The highest BCUT2D eigenvalue weighted by Gasteiger charge is 2.32. The number of piperazine rings is 1. The summed E-state index contributed by atoms with van der Waals surface area (Å²) in [5, 5.41) is 1.26. The molecule has 0 spiro atoms. The van der Waals surface area contributed by atoms with Gasteiger partial charge in [-0.2, -0.15) is 4.98 Å². The topological polar surface area (TPSA) is 37.4 Å². The lowest BCUT2D eigenvalue weighted by atomic mass is 10.0. The molecular formula is C23H24N4O. The number of hydrogen-bond acceptors (Lipinski definition) is 4. The van der Waals surface area contributed by atoms with E-state index < -0.39 is 0 Å². The van der Waals surface area contributed by atoms with Crippen molar-refractivity contribution in [3.63, 3.8) is 0 Å². The first-order chi connectivity index (χ1) is 13.7. The lowest BCUT2D eigenvalue weighted by Gasteiger charge is -2.36. The van der Waals surface area contributed by atoms with Gasteiger partial charge >= 0.3 is 0 Å². The first-order valence-electron chi connectivity index (χ1n) is 10.2. The van der Waals surface area contributed by atoms with Crippen LogP contribution in [0.25, 0.3) is 33.1 Å². The van der Waals surface area contributed by atoms with Crippen molar-refractivity contribution in [1.82, 2.24) is 14.5 Å². The molecule has 2 aromatic heterocycles. The fraction of sp³-hybridized carbons (Fsp3) is 0.348. The van der Waals surface area contributed by atoms with Gasteiger partial charge in [-0.05, 0) is 60.8 Å². The number of oxazole rings is 1. The highest BCUT2D eigenvalue weighted by Crippen LogP contribution is 2.31. The van der Waals surface area contributed by atoms with Crippen LogP contribution in [0.4, 0.5) is 6.01 Å². The molecule has 0 N–H and O–H groups in total. The van der Waals surface area contributed by atoms with Gasteiger partial charge in [0.25, 0.3) is 6.01 Å². The molecule has 2 saturated heterocycles. The Morgan fingerprint density at radius 1 is 1.00 bits per heavy atom. The summed E-state index contributed by atoms with van der Waals surface area (Å²) in [6, 6.07) is 16.6. The van der Waals surface area contributed by atoms with E-state index in [1.165, 1.54) is 41.4 Å². The fourth-order valence-corrected chi connectivity index (χ4v) is 4.86. The van der Waals surface area contributed by atoms with Crippen LogP contribution in [0.15, 0.2) is 53.1 Å². The van der Waals surface area contributed by atoms with E-state index in [9.17, 15) is 0 Å². The number of aryl methyl sites for hydroxylation is 1. The average molecular weight is 372 g/mol. The summed E-state index contributed by atoms with van der Waals surface area (Å²) in [5.41, 5.74) is 5.45. The number of rotatable bonds is 2. The molecule has 6 rings (SSSR count). The van der Waals surface area contributed by atoms with Gasteiger partial charge < -0.3 is 13.9 Å². The molecule has 2 aromatic carbocycles. The Kier molecular flexibility index (Phi) is 3.53. The van der Waals surface area contributed by atoms with Crippen molar-refractivity contribution in [2.45, 2.75) is 18.9 Å². The van der Waals surface area contributed by atoms with E-state index in [1.807, 2.05) is 0 Å². The number of aromatic nitrogens is 2. The van der Waals surface area contributed by atoms with E-state index in [0.29, 0.717) is 6.04 Å². The van der Waals surface area contributed by atoms with Gasteiger partial charge in [0.1, 0.15) is 5.52 Å². The lowest BCUT2D eigenvalue weighted by Crippen LogP contribution is -2.50. The minimum Gasteiger partial charge on any atom is -0.423 e. The molecule has 2 aliphatic heterocycles. The van der Waals surface area contributed by atoms with E-state index in [-0.39, 0.29) is 0 Å². The zero-order chi connectivity index (χ0) is 18.7. The molecule has 0 saturated carbocycles. The molecule has 5 nitrogen and oxygen atoms in total. The maximum Gasteiger partial charge on any atom is 0.298 e. The Bertz CT molecular complexity index is 1170. The normalized spacial score (nSPS) is 20.3. The van der Waals surface area contributed by atoms with Crippen molar-refractivity contribution in [1.29, 1.82) is 0 Å². The van der Waals surface area contributed by atoms with Gasteiger partial charge in [0.2, 0.25) is 0 Å². The first-order valence-corrected chi connectivity index (χ1v) is 10.2. The molecule has 0 aliphatic carbocycles. The van der Waals surface area contributed by atoms with Gasteiger partial charge in [0.05, 0.1) is 0 Å². The molecule has 28 heavy (non-hydrogen) atoms. The van der Waals surface area contributed by atoms with Crippen LogP contribution >= 0.6 is 0 Å². The predicted octanol–water partition coefficient (Wildman–Crippen LogP) is 4.27. The second-order valence-corrected chi connectivity index (χ2v) is 8.16. The van der Waals surface area contributed by atoms with Gasteiger partial charge in [0, 0.05) is 49.8 Å². The van der Waals surface area contributed by atoms with Crippen LogP contribution in [-0.4, -0.2) is 46.7 Å². The van der Waals surface area contributed by atoms with Gasteiger partial charge in [-0.3, -0.25) is 4.90 Å². The van der Waals surface area contributed by atoms with Crippen LogP contribution in [0.5, 0.6) is 0 Å². The third-order valence-electron chi connectivity index (χ3n) is 6.45. The predicted molar refractivity (Wildman–Crippen MR) is 113 cm³/mol. The van der Waals surface area contributed by atoms with Gasteiger partial charge in [-0.15, -0.1) is 0 Å². The van der Waals surface area contributed by atoms with Gasteiger partial charge in [0.15, 0.2) is 5.58 Å². The highest BCUT2D eigenvalue weighted by molar-refractivity contribution is 5.88. The minimum atomic E-state index is 0.664. The highest BCUT2D eigenvalue weighted by atomic mass is 16.4. The SMILES string of the molecule is Cn1ccc2cc(-c3ccc4oc(N5CCN6CCCC6C5)nc4c3)ccc21. The largest absolute Gasteiger partial charge is 0.423 e. The molecule has 0 amide bonds. The van der Waals surface area contributed by atoms with E-state index >= 15 is 0 Å². The Balaban J connectivity index is 1.33. The maximum atomic E-state index is 6.11. The van der Waals surface area contributed by atoms with E-state index in [1.54, 1.807) is 0 Å².